The van der Waals surface area contributed by atoms with Crippen LogP contribution in [0, 0.1) is 5.41 Å². The monoisotopic (exact) mass is 238 g/mol. The number of nitrogens with one attached hydrogen (secondary N) is 1. The lowest BCUT2D eigenvalue weighted by atomic mass is 9.77. The predicted octanol–water partition coefficient (Wildman–Crippen LogP) is 2.19. The first kappa shape index (κ1) is 14.2. The zero-order valence-electron chi connectivity index (χ0n) is 11.6. The van der Waals surface area contributed by atoms with Gasteiger partial charge in [0.1, 0.15) is 0 Å². The first-order valence-electron chi connectivity index (χ1n) is 6.55. The van der Waals surface area contributed by atoms with E-state index < -0.39 is 0 Å². The lowest BCUT2D eigenvalue weighted by molar-refractivity contribution is -0.138. The number of hydrogen-bond acceptors (Lipinski definition) is 2. The Kier molecular flexibility index (Phi) is 4.75. The van der Waals surface area contributed by atoms with E-state index in [9.17, 15) is 4.79 Å². The minimum absolute atomic E-state index is 0.0453. The smallest absolute Gasteiger partial charge is 0.240 e. The summed E-state index contributed by atoms with van der Waals surface area (Å²) >= 11 is 0. The molecule has 1 rings (SSSR count). The van der Waals surface area contributed by atoms with Crippen molar-refractivity contribution in [1.82, 2.24) is 10.2 Å². The number of carbonyl (C=O) groups excluding carboxylic acids is 1. The van der Waals surface area contributed by atoms with E-state index in [-0.39, 0.29) is 23.4 Å². The standard InChI is InChI=1S/C14H26N2O/c1-6-10-16(11(2)3)13(17)12-14(4,5)8-7-9-15-12/h6,11-12,15H,1,7-10H2,2-5H3. The molecule has 3 nitrogen and oxygen atoms in total. The van der Waals surface area contributed by atoms with Crippen molar-refractivity contribution < 1.29 is 4.79 Å². The SMILES string of the molecule is C=CCN(C(=O)C1NCCCC1(C)C)C(C)C. The van der Waals surface area contributed by atoms with Crippen LogP contribution in [-0.4, -0.2) is 36.0 Å². The largest absolute Gasteiger partial charge is 0.335 e. The van der Waals surface area contributed by atoms with Gasteiger partial charge in [0.25, 0.3) is 0 Å². The molecule has 17 heavy (non-hydrogen) atoms. The van der Waals surface area contributed by atoms with Crippen LogP contribution in [0.2, 0.25) is 0 Å². The van der Waals surface area contributed by atoms with Gasteiger partial charge in [-0.25, -0.2) is 0 Å². The second-order valence-corrected chi connectivity index (χ2v) is 5.85. The maximum atomic E-state index is 12.6. The van der Waals surface area contributed by atoms with Gasteiger partial charge in [-0.15, -0.1) is 6.58 Å². The molecule has 1 heterocycles. The maximum Gasteiger partial charge on any atom is 0.240 e. The van der Waals surface area contributed by atoms with Crippen molar-refractivity contribution in [3.63, 3.8) is 0 Å². The molecule has 0 saturated carbocycles. The second-order valence-electron chi connectivity index (χ2n) is 5.85. The van der Waals surface area contributed by atoms with Gasteiger partial charge in [-0.05, 0) is 38.6 Å². The molecule has 0 aromatic carbocycles. The van der Waals surface area contributed by atoms with E-state index in [0.29, 0.717) is 6.54 Å². The van der Waals surface area contributed by atoms with Crippen LogP contribution in [-0.2, 0) is 4.79 Å². The molecule has 3 heteroatoms. The van der Waals surface area contributed by atoms with Gasteiger partial charge in [0.2, 0.25) is 5.91 Å². The van der Waals surface area contributed by atoms with E-state index in [1.165, 1.54) is 0 Å². The Morgan fingerprint density at radius 2 is 2.24 bits per heavy atom. The molecule has 1 saturated heterocycles. The van der Waals surface area contributed by atoms with E-state index in [1.54, 1.807) is 6.08 Å². The molecule has 1 amide bonds. The summed E-state index contributed by atoms with van der Waals surface area (Å²) in [5, 5.41) is 3.38. The van der Waals surface area contributed by atoms with Crippen molar-refractivity contribution in [1.29, 1.82) is 0 Å². The Bertz CT molecular complexity index is 284. The van der Waals surface area contributed by atoms with Gasteiger partial charge in [0.05, 0.1) is 6.04 Å². The molecule has 0 radical (unpaired) electrons. The van der Waals surface area contributed by atoms with E-state index in [2.05, 4.69) is 39.6 Å². The number of carbonyl (C=O) groups is 1. The molecule has 1 fully saturated rings. The zero-order chi connectivity index (χ0) is 13.1. The highest BCUT2D eigenvalue weighted by Gasteiger charge is 2.39. The topological polar surface area (TPSA) is 32.3 Å². The first-order chi connectivity index (χ1) is 7.90. The average molecular weight is 238 g/mol. The van der Waals surface area contributed by atoms with Crippen molar-refractivity contribution >= 4 is 5.91 Å². The zero-order valence-corrected chi connectivity index (χ0v) is 11.6. The van der Waals surface area contributed by atoms with Crippen molar-refractivity contribution in [3.8, 4) is 0 Å². The van der Waals surface area contributed by atoms with Crippen molar-refractivity contribution in [2.45, 2.75) is 52.6 Å². The van der Waals surface area contributed by atoms with Gasteiger partial charge >= 0.3 is 0 Å². The second kappa shape index (κ2) is 5.67. The Morgan fingerprint density at radius 3 is 2.71 bits per heavy atom. The van der Waals surface area contributed by atoms with Crippen LogP contribution in [0.1, 0.15) is 40.5 Å². The van der Waals surface area contributed by atoms with Gasteiger partial charge in [0, 0.05) is 12.6 Å². The van der Waals surface area contributed by atoms with Crippen LogP contribution in [0.5, 0.6) is 0 Å². The summed E-state index contributed by atoms with van der Waals surface area (Å²) < 4.78 is 0. The molecule has 0 aromatic rings. The van der Waals surface area contributed by atoms with Crippen LogP contribution in [0.25, 0.3) is 0 Å². The van der Waals surface area contributed by atoms with Crippen LogP contribution in [0.3, 0.4) is 0 Å². The maximum absolute atomic E-state index is 12.6. The van der Waals surface area contributed by atoms with Gasteiger partial charge < -0.3 is 10.2 Å². The Balaban J connectivity index is 2.81. The molecule has 98 valence electrons. The number of amides is 1. The first-order valence-corrected chi connectivity index (χ1v) is 6.55. The molecule has 0 bridgehead atoms. The number of piperidine rings is 1. The van der Waals surface area contributed by atoms with E-state index in [1.807, 2.05) is 4.90 Å². The Hall–Kier alpha value is -0.830. The molecular weight excluding hydrogens is 212 g/mol. The minimum atomic E-state index is -0.0569. The summed E-state index contributed by atoms with van der Waals surface area (Å²) in [6, 6.07) is 0.165. The molecule has 1 atom stereocenters. The predicted molar refractivity (Wildman–Crippen MR) is 71.9 cm³/mol. The molecule has 1 aliphatic rings. The molecule has 1 unspecified atom stereocenters. The molecule has 0 spiro atoms. The van der Waals surface area contributed by atoms with Gasteiger partial charge in [-0.2, -0.15) is 0 Å². The highest BCUT2D eigenvalue weighted by Crippen LogP contribution is 2.31. The summed E-state index contributed by atoms with van der Waals surface area (Å²) in [5.41, 5.74) is 0.0453. The third kappa shape index (κ3) is 3.32. The Labute approximate surface area is 105 Å². The van der Waals surface area contributed by atoms with Crippen molar-refractivity contribution in [2.75, 3.05) is 13.1 Å². The highest BCUT2D eigenvalue weighted by molar-refractivity contribution is 5.83. The van der Waals surface area contributed by atoms with Crippen molar-refractivity contribution in [3.05, 3.63) is 12.7 Å². The summed E-state index contributed by atoms with van der Waals surface area (Å²) in [5.74, 6) is 0.213. The Morgan fingerprint density at radius 1 is 1.59 bits per heavy atom. The highest BCUT2D eigenvalue weighted by atomic mass is 16.2. The molecule has 0 aliphatic carbocycles. The van der Waals surface area contributed by atoms with Gasteiger partial charge in [0.15, 0.2) is 0 Å². The lowest BCUT2D eigenvalue weighted by Crippen LogP contribution is -2.57. The van der Waals surface area contributed by atoms with Crippen molar-refractivity contribution in [2.24, 2.45) is 5.41 Å². The molecule has 0 aromatic heterocycles. The van der Waals surface area contributed by atoms with Crippen LogP contribution in [0.15, 0.2) is 12.7 Å². The number of rotatable bonds is 4. The van der Waals surface area contributed by atoms with E-state index >= 15 is 0 Å². The van der Waals surface area contributed by atoms with Crippen LogP contribution < -0.4 is 5.32 Å². The fourth-order valence-corrected chi connectivity index (χ4v) is 2.49. The number of hydrogen-bond donors (Lipinski definition) is 1. The van der Waals surface area contributed by atoms with E-state index in [4.69, 9.17) is 0 Å². The summed E-state index contributed by atoms with van der Waals surface area (Å²) in [6.45, 7) is 13.8. The molecule has 1 N–H and O–H groups in total. The summed E-state index contributed by atoms with van der Waals surface area (Å²) in [7, 11) is 0. The average Bonchev–Trinajstić information content (AvgIpc) is 2.24. The fraction of sp³-hybridized carbons (Fsp3) is 0.786. The van der Waals surface area contributed by atoms with E-state index in [0.717, 1.165) is 19.4 Å². The molecule has 1 aliphatic heterocycles. The van der Waals surface area contributed by atoms with Crippen LogP contribution in [0.4, 0.5) is 0 Å². The minimum Gasteiger partial charge on any atom is -0.335 e. The third-order valence-corrected chi connectivity index (χ3v) is 3.61. The van der Waals surface area contributed by atoms with Crippen LogP contribution >= 0.6 is 0 Å². The fourth-order valence-electron chi connectivity index (χ4n) is 2.49. The summed E-state index contributed by atoms with van der Waals surface area (Å²) in [6.07, 6.45) is 4.06. The summed E-state index contributed by atoms with van der Waals surface area (Å²) in [4.78, 5) is 14.5. The molecular formula is C14H26N2O. The van der Waals surface area contributed by atoms with Gasteiger partial charge in [-0.3, -0.25) is 4.79 Å². The number of nitrogens with zero attached hydrogens (tertiary/aromatic N) is 1. The quantitative estimate of drug-likeness (QED) is 0.761. The third-order valence-electron chi connectivity index (χ3n) is 3.61. The van der Waals surface area contributed by atoms with Gasteiger partial charge in [-0.1, -0.05) is 19.9 Å². The normalized spacial score (nSPS) is 23.5. The lowest BCUT2D eigenvalue weighted by Gasteiger charge is -2.41.